The highest BCUT2D eigenvalue weighted by Gasteiger charge is 2.24. The first-order chi connectivity index (χ1) is 11.8. The number of carboxylic acid groups (broad SMARTS) is 1. The Balaban J connectivity index is 2.62. The zero-order chi connectivity index (χ0) is 18.8. The number of hydrogen-bond acceptors (Lipinski definition) is 4. The highest BCUT2D eigenvalue weighted by Crippen LogP contribution is 2.13. The number of ether oxygens (including phenoxy) is 1. The molecular weight excluding hydrogens is 324 g/mol. The van der Waals surface area contributed by atoms with E-state index in [0.717, 1.165) is 0 Å². The Hall–Kier alpha value is -2.57. The second-order valence-electron chi connectivity index (χ2n) is 5.94. The zero-order valence-electron chi connectivity index (χ0n) is 14.9. The summed E-state index contributed by atoms with van der Waals surface area (Å²) >= 11 is 0. The van der Waals surface area contributed by atoms with E-state index in [4.69, 9.17) is 9.84 Å². The summed E-state index contributed by atoms with van der Waals surface area (Å²) in [6, 6.07) is 6.00. The molecule has 0 spiro atoms. The van der Waals surface area contributed by atoms with Gasteiger partial charge in [-0.25, -0.2) is 0 Å². The van der Waals surface area contributed by atoms with Gasteiger partial charge in [-0.05, 0) is 43.5 Å². The molecule has 7 nitrogen and oxygen atoms in total. The maximum absolute atomic E-state index is 12.3. The van der Waals surface area contributed by atoms with Crippen molar-refractivity contribution in [1.29, 1.82) is 0 Å². The maximum atomic E-state index is 12.3. The van der Waals surface area contributed by atoms with Gasteiger partial charge in [-0.2, -0.15) is 0 Å². The van der Waals surface area contributed by atoms with Crippen molar-refractivity contribution >= 4 is 17.8 Å². The predicted octanol–water partition coefficient (Wildman–Crippen LogP) is 1.82. The average molecular weight is 350 g/mol. The Morgan fingerprint density at radius 2 is 1.80 bits per heavy atom. The Labute approximate surface area is 147 Å². The quantitative estimate of drug-likeness (QED) is 0.558. The minimum atomic E-state index is -0.904. The summed E-state index contributed by atoms with van der Waals surface area (Å²) in [5.41, 5.74) is 0.438. The molecule has 7 heteroatoms. The number of benzene rings is 1. The van der Waals surface area contributed by atoms with Crippen molar-refractivity contribution in [2.45, 2.75) is 39.7 Å². The van der Waals surface area contributed by atoms with Crippen molar-refractivity contribution in [2.24, 2.45) is 5.92 Å². The van der Waals surface area contributed by atoms with Crippen LogP contribution in [0.2, 0.25) is 0 Å². The van der Waals surface area contributed by atoms with Crippen LogP contribution in [0.25, 0.3) is 0 Å². The molecule has 138 valence electrons. The van der Waals surface area contributed by atoms with Gasteiger partial charge >= 0.3 is 5.97 Å². The number of aliphatic carboxylic acids is 1. The second-order valence-corrected chi connectivity index (χ2v) is 5.94. The minimum Gasteiger partial charge on any atom is -0.494 e. The second kappa shape index (κ2) is 10.3. The first-order valence-electron chi connectivity index (χ1n) is 8.38. The third kappa shape index (κ3) is 7.24. The molecule has 1 unspecified atom stereocenters. The monoisotopic (exact) mass is 350 g/mol. The van der Waals surface area contributed by atoms with Gasteiger partial charge in [-0.15, -0.1) is 0 Å². The zero-order valence-corrected chi connectivity index (χ0v) is 14.9. The van der Waals surface area contributed by atoms with Crippen LogP contribution in [0.5, 0.6) is 5.75 Å². The lowest BCUT2D eigenvalue weighted by Gasteiger charge is -2.21. The topological polar surface area (TPSA) is 105 Å². The van der Waals surface area contributed by atoms with Gasteiger partial charge in [0.25, 0.3) is 5.91 Å². The van der Waals surface area contributed by atoms with Gasteiger partial charge < -0.3 is 20.5 Å². The predicted molar refractivity (Wildman–Crippen MR) is 93.6 cm³/mol. The van der Waals surface area contributed by atoms with Crippen LogP contribution < -0.4 is 15.4 Å². The molecule has 0 bridgehead atoms. The van der Waals surface area contributed by atoms with Crippen LogP contribution >= 0.6 is 0 Å². The number of rotatable bonds is 10. The molecule has 0 heterocycles. The third-order valence-electron chi connectivity index (χ3n) is 3.53. The fourth-order valence-electron chi connectivity index (χ4n) is 2.19. The van der Waals surface area contributed by atoms with Gasteiger partial charge in [0.05, 0.1) is 6.61 Å². The van der Waals surface area contributed by atoms with Gasteiger partial charge in [0.15, 0.2) is 0 Å². The van der Waals surface area contributed by atoms with Crippen LogP contribution in [0.3, 0.4) is 0 Å². The molecule has 1 aromatic rings. The lowest BCUT2D eigenvalue weighted by atomic mass is 10.0. The van der Waals surface area contributed by atoms with Crippen LogP contribution in [0.4, 0.5) is 0 Å². The van der Waals surface area contributed by atoms with Crippen LogP contribution in [-0.4, -0.2) is 42.1 Å². The number of carboxylic acids is 1. The van der Waals surface area contributed by atoms with E-state index in [1.165, 1.54) is 0 Å². The lowest BCUT2D eigenvalue weighted by Crippen LogP contribution is -2.49. The maximum Gasteiger partial charge on any atom is 0.303 e. The minimum absolute atomic E-state index is 0.00877. The first kappa shape index (κ1) is 20.5. The smallest absolute Gasteiger partial charge is 0.303 e. The van der Waals surface area contributed by atoms with E-state index in [-0.39, 0.29) is 30.7 Å². The largest absolute Gasteiger partial charge is 0.494 e. The molecule has 2 amide bonds. The Morgan fingerprint density at radius 1 is 1.16 bits per heavy atom. The number of amides is 2. The van der Waals surface area contributed by atoms with E-state index in [0.29, 0.717) is 24.3 Å². The molecule has 0 aliphatic heterocycles. The van der Waals surface area contributed by atoms with E-state index in [9.17, 15) is 14.4 Å². The van der Waals surface area contributed by atoms with Crippen molar-refractivity contribution in [2.75, 3.05) is 13.2 Å². The molecule has 0 aliphatic carbocycles. The Bertz CT molecular complexity index is 584. The van der Waals surface area contributed by atoms with Crippen molar-refractivity contribution in [1.82, 2.24) is 10.6 Å². The van der Waals surface area contributed by atoms with Gasteiger partial charge in [0.1, 0.15) is 11.8 Å². The molecule has 3 N–H and O–H groups in total. The van der Waals surface area contributed by atoms with Crippen molar-refractivity contribution in [3.8, 4) is 5.75 Å². The number of nitrogens with one attached hydrogen (secondary N) is 2. The van der Waals surface area contributed by atoms with Gasteiger partial charge in [0, 0.05) is 18.5 Å². The number of carbonyl (C=O) groups excluding carboxylic acids is 2. The van der Waals surface area contributed by atoms with Gasteiger partial charge in [0.2, 0.25) is 5.91 Å². The molecular formula is C18H26N2O5. The Morgan fingerprint density at radius 3 is 2.32 bits per heavy atom. The van der Waals surface area contributed by atoms with Crippen molar-refractivity contribution < 1.29 is 24.2 Å². The Kier molecular flexibility index (Phi) is 8.46. The summed E-state index contributed by atoms with van der Waals surface area (Å²) < 4.78 is 5.33. The van der Waals surface area contributed by atoms with Crippen molar-refractivity contribution in [3.63, 3.8) is 0 Å². The molecule has 1 rings (SSSR count). The fourth-order valence-corrected chi connectivity index (χ4v) is 2.19. The van der Waals surface area contributed by atoms with Crippen LogP contribution in [0.1, 0.15) is 44.0 Å². The lowest BCUT2D eigenvalue weighted by molar-refractivity contribution is -0.137. The SMILES string of the molecule is CCOc1ccc(C(=O)NC(C(=O)NCCCC(=O)O)C(C)C)cc1. The van der Waals surface area contributed by atoms with E-state index in [1.807, 2.05) is 20.8 Å². The molecule has 1 atom stereocenters. The van der Waals surface area contributed by atoms with Crippen LogP contribution in [-0.2, 0) is 9.59 Å². The summed E-state index contributed by atoms with van der Waals surface area (Å²) in [6.45, 7) is 6.35. The molecule has 0 saturated carbocycles. The molecule has 0 aromatic heterocycles. The molecule has 0 aliphatic rings. The van der Waals surface area contributed by atoms with Crippen molar-refractivity contribution in [3.05, 3.63) is 29.8 Å². The molecule has 0 fully saturated rings. The number of carbonyl (C=O) groups is 3. The van der Waals surface area contributed by atoms with Gasteiger partial charge in [-0.1, -0.05) is 13.8 Å². The summed E-state index contributed by atoms with van der Waals surface area (Å²) in [4.78, 5) is 35.1. The highest BCUT2D eigenvalue weighted by molar-refractivity contribution is 5.97. The van der Waals surface area contributed by atoms with Crippen LogP contribution in [0, 0.1) is 5.92 Å². The fraction of sp³-hybridized carbons (Fsp3) is 0.500. The summed E-state index contributed by atoms with van der Waals surface area (Å²) in [5, 5.41) is 14.0. The first-order valence-corrected chi connectivity index (χ1v) is 8.38. The standard InChI is InChI=1S/C18H26N2O5/c1-4-25-14-9-7-13(8-10-14)17(23)20-16(12(2)3)18(24)19-11-5-6-15(21)22/h7-10,12,16H,4-6,11H2,1-3H3,(H,19,24)(H,20,23)(H,21,22). The van der Waals surface area contributed by atoms with Gasteiger partial charge in [-0.3, -0.25) is 14.4 Å². The van der Waals surface area contributed by atoms with E-state index >= 15 is 0 Å². The normalized spacial score (nSPS) is 11.7. The summed E-state index contributed by atoms with van der Waals surface area (Å²) in [5.74, 6) is -0.998. The van der Waals surface area contributed by atoms with Crippen LogP contribution in [0.15, 0.2) is 24.3 Å². The molecule has 25 heavy (non-hydrogen) atoms. The van der Waals surface area contributed by atoms with E-state index in [2.05, 4.69) is 10.6 Å². The van der Waals surface area contributed by atoms with E-state index < -0.39 is 12.0 Å². The molecule has 1 aromatic carbocycles. The average Bonchev–Trinajstić information content (AvgIpc) is 2.56. The number of hydrogen-bond donors (Lipinski definition) is 3. The highest BCUT2D eigenvalue weighted by atomic mass is 16.5. The molecule has 0 saturated heterocycles. The third-order valence-corrected chi connectivity index (χ3v) is 3.53. The molecule has 0 radical (unpaired) electrons. The summed E-state index contributed by atoms with van der Waals surface area (Å²) in [7, 11) is 0. The summed E-state index contributed by atoms with van der Waals surface area (Å²) in [6.07, 6.45) is 0.337. The van der Waals surface area contributed by atoms with E-state index in [1.54, 1.807) is 24.3 Å².